The highest BCUT2D eigenvalue weighted by molar-refractivity contribution is 7.88. The van der Waals surface area contributed by atoms with Crippen LogP contribution in [0.5, 0.6) is 0 Å². The third-order valence-corrected chi connectivity index (χ3v) is 5.03. The van der Waals surface area contributed by atoms with Crippen LogP contribution in [0.4, 0.5) is 0 Å². The number of ether oxygens (including phenoxy) is 1. The van der Waals surface area contributed by atoms with Gasteiger partial charge in [0.25, 0.3) is 5.91 Å². The minimum Gasteiger partial charge on any atom is -0.448 e. The van der Waals surface area contributed by atoms with E-state index >= 15 is 0 Å². The van der Waals surface area contributed by atoms with E-state index in [1.807, 2.05) is 0 Å². The van der Waals surface area contributed by atoms with Gasteiger partial charge in [0.15, 0.2) is 6.10 Å². The van der Waals surface area contributed by atoms with Crippen LogP contribution in [0.25, 0.3) is 0 Å². The van der Waals surface area contributed by atoms with Crippen LogP contribution in [0, 0.1) is 0 Å². The zero-order chi connectivity index (χ0) is 17.0. The zero-order valence-corrected chi connectivity index (χ0v) is 14.6. The summed E-state index contributed by atoms with van der Waals surface area (Å²) in [5.74, 6) is -0.828. The Hall–Kier alpha value is -1.45. The highest BCUT2D eigenvalue weighted by atomic mass is 32.2. The Morgan fingerprint density at radius 2 is 2.09 bits per heavy atom. The van der Waals surface area contributed by atoms with E-state index in [1.165, 1.54) is 11.3 Å². The number of thiophene rings is 1. The molecule has 1 fully saturated rings. The van der Waals surface area contributed by atoms with Crippen molar-refractivity contribution in [2.24, 2.45) is 0 Å². The van der Waals surface area contributed by atoms with Gasteiger partial charge in [-0.3, -0.25) is 4.79 Å². The summed E-state index contributed by atoms with van der Waals surface area (Å²) >= 11 is 1.23. The third kappa shape index (κ3) is 6.28. The van der Waals surface area contributed by atoms with Gasteiger partial charge in [-0.05, 0) is 38.3 Å². The molecule has 128 valence electrons. The Morgan fingerprint density at radius 3 is 2.70 bits per heavy atom. The van der Waals surface area contributed by atoms with E-state index in [4.69, 9.17) is 4.74 Å². The largest absolute Gasteiger partial charge is 0.448 e. The molecule has 0 saturated heterocycles. The summed E-state index contributed by atoms with van der Waals surface area (Å²) in [5.41, 5.74) is 0. The van der Waals surface area contributed by atoms with Gasteiger partial charge in [0, 0.05) is 17.5 Å². The molecule has 0 radical (unpaired) electrons. The normalized spacial score (nSPS) is 15.9. The number of carbonyl (C=O) groups excluding carboxylic acids is 2. The van der Waals surface area contributed by atoms with Crippen LogP contribution in [0.15, 0.2) is 12.1 Å². The zero-order valence-electron chi connectivity index (χ0n) is 13.0. The van der Waals surface area contributed by atoms with Gasteiger partial charge in [0.05, 0.1) is 6.26 Å². The lowest BCUT2D eigenvalue weighted by atomic mass is 10.3. The smallest absolute Gasteiger partial charge is 0.349 e. The van der Waals surface area contributed by atoms with Crippen molar-refractivity contribution in [2.75, 3.05) is 12.8 Å². The summed E-state index contributed by atoms with van der Waals surface area (Å²) in [4.78, 5) is 25.0. The summed E-state index contributed by atoms with van der Waals surface area (Å²) in [6.45, 7) is 1.81. The molecule has 1 aliphatic rings. The number of esters is 1. The molecule has 1 aromatic heterocycles. The van der Waals surface area contributed by atoms with E-state index in [0.29, 0.717) is 11.3 Å². The number of hydrogen-bond acceptors (Lipinski definition) is 6. The second-order valence-corrected chi connectivity index (χ2v) is 8.51. The van der Waals surface area contributed by atoms with Crippen molar-refractivity contribution >= 4 is 33.2 Å². The van der Waals surface area contributed by atoms with Crippen molar-refractivity contribution < 1.29 is 22.7 Å². The van der Waals surface area contributed by atoms with E-state index in [9.17, 15) is 18.0 Å². The van der Waals surface area contributed by atoms with E-state index in [2.05, 4.69) is 10.0 Å². The first-order valence-electron chi connectivity index (χ1n) is 7.29. The van der Waals surface area contributed by atoms with Gasteiger partial charge in [-0.2, -0.15) is 0 Å². The Morgan fingerprint density at radius 1 is 1.39 bits per heavy atom. The number of nitrogens with one attached hydrogen (secondary N) is 2. The highest BCUT2D eigenvalue weighted by Gasteiger charge is 2.27. The molecule has 1 atom stereocenters. The molecular weight excluding hydrogens is 340 g/mol. The second-order valence-electron chi connectivity index (χ2n) is 5.51. The summed E-state index contributed by atoms with van der Waals surface area (Å²) in [7, 11) is -3.22. The summed E-state index contributed by atoms with van der Waals surface area (Å²) in [5, 5.41) is 2.78. The number of carbonyl (C=O) groups is 2. The number of hydrogen-bond donors (Lipinski definition) is 2. The molecule has 1 aliphatic carbocycles. The maximum atomic E-state index is 12.0. The fourth-order valence-electron chi connectivity index (χ4n) is 1.80. The van der Waals surface area contributed by atoms with Gasteiger partial charge in [0.1, 0.15) is 4.88 Å². The Kier molecular flexibility index (Phi) is 5.77. The molecule has 1 aromatic rings. The molecule has 0 spiro atoms. The molecule has 1 unspecified atom stereocenters. The molecule has 0 aromatic carbocycles. The molecule has 7 nitrogen and oxygen atoms in total. The Labute approximate surface area is 139 Å². The minimum absolute atomic E-state index is 0.222. The molecule has 1 saturated carbocycles. The van der Waals surface area contributed by atoms with Gasteiger partial charge in [-0.15, -0.1) is 11.3 Å². The van der Waals surface area contributed by atoms with E-state index in [-0.39, 0.29) is 18.5 Å². The van der Waals surface area contributed by atoms with Crippen molar-refractivity contribution in [2.45, 2.75) is 38.3 Å². The van der Waals surface area contributed by atoms with Crippen LogP contribution in [0.2, 0.25) is 0 Å². The van der Waals surface area contributed by atoms with Gasteiger partial charge >= 0.3 is 5.97 Å². The molecule has 0 bridgehead atoms. The lowest BCUT2D eigenvalue weighted by Crippen LogP contribution is -2.36. The van der Waals surface area contributed by atoms with Gasteiger partial charge in [-0.25, -0.2) is 17.9 Å². The first-order chi connectivity index (χ1) is 10.7. The average molecular weight is 360 g/mol. The first kappa shape index (κ1) is 17.9. The van der Waals surface area contributed by atoms with Crippen LogP contribution in [0.3, 0.4) is 0 Å². The molecule has 1 heterocycles. The van der Waals surface area contributed by atoms with Crippen molar-refractivity contribution in [3.05, 3.63) is 21.9 Å². The molecule has 2 rings (SSSR count). The molecule has 2 N–H and O–H groups in total. The second kappa shape index (κ2) is 7.41. The summed E-state index contributed by atoms with van der Waals surface area (Å²) in [6, 6.07) is 3.59. The monoisotopic (exact) mass is 360 g/mol. The molecule has 23 heavy (non-hydrogen) atoms. The topological polar surface area (TPSA) is 102 Å². The van der Waals surface area contributed by atoms with Crippen LogP contribution >= 0.6 is 11.3 Å². The summed E-state index contributed by atoms with van der Waals surface area (Å²) < 4.78 is 29.5. The molecule has 0 aliphatic heterocycles. The van der Waals surface area contributed by atoms with Crippen molar-refractivity contribution in [1.82, 2.24) is 10.0 Å². The lowest BCUT2D eigenvalue weighted by molar-refractivity contribution is -0.129. The third-order valence-electron chi connectivity index (χ3n) is 3.18. The molecule has 1 amide bonds. The highest BCUT2D eigenvalue weighted by Crippen LogP contribution is 2.20. The fraction of sp³-hybridized carbons (Fsp3) is 0.571. The first-order valence-corrected chi connectivity index (χ1v) is 10.00. The van der Waals surface area contributed by atoms with Gasteiger partial charge in [-0.1, -0.05) is 0 Å². The number of sulfonamides is 1. The molecule has 9 heteroatoms. The van der Waals surface area contributed by atoms with Gasteiger partial charge in [0.2, 0.25) is 10.0 Å². The van der Waals surface area contributed by atoms with Crippen LogP contribution in [0.1, 0.15) is 34.3 Å². The van der Waals surface area contributed by atoms with Crippen molar-refractivity contribution in [3.8, 4) is 0 Å². The van der Waals surface area contributed by atoms with Crippen molar-refractivity contribution in [1.29, 1.82) is 0 Å². The Balaban J connectivity index is 1.81. The predicted molar refractivity (Wildman–Crippen MR) is 86.9 cm³/mol. The maximum Gasteiger partial charge on any atom is 0.349 e. The molecular formula is C14H20N2O5S2. The standard InChI is InChI=1S/C14H20N2O5S2/c1-9(13(17)16-10-3-4-10)21-14(18)12-6-5-11(22-12)7-8-15-23(2,19)20/h5-6,9-10,15H,3-4,7-8H2,1-2H3,(H,16,17). The van der Waals surface area contributed by atoms with E-state index < -0.39 is 22.1 Å². The maximum absolute atomic E-state index is 12.0. The Bertz CT molecular complexity index is 679. The number of amides is 1. The average Bonchev–Trinajstić information content (AvgIpc) is 3.12. The van der Waals surface area contributed by atoms with E-state index in [1.54, 1.807) is 19.1 Å². The van der Waals surface area contributed by atoms with Crippen LogP contribution in [-0.4, -0.2) is 45.2 Å². The fourth-order valence-corrected chi connectivity index (χ4v) is 3.16. The van der Waals surface area contributed by atoms with Crippen molar-refractivity contribution in [3.63, 3.8) is 0 Å². The van der Waals surface area contributed by atoms with Crippen LogP contribution < -0.4 is 10.0 Å². The SMILES string of the molecule is CC(OC(=O)c1ccc(CCNS(C)(=O)=O)s1)C(=O)NC1CC1. The quantitative estimate of drug-likeness (QED) is 0.663. The summed E-state index contributed by atoms with van der Waals surface area (Å²) in [6.07, 6.45) is 2.70. The minimum atomic E-state index is -3.22. The van der Waals surface area contributed by atoms with Crippen LogP contribution in [-0.2, 0) is 26.0 Å². The van der Waals surface area contributed by atoms with Gasteiger partial charge < -0.3 is 10.1 Å². The predicted octanol–water partition coefficient (Wildman–Crippen LogP) is 0.664. The number of rotatable bonds is 8. The lowest BCUT2D eigenvalue weighted by Gasteiger charge is -2.12. The van der Waals surface area contributed by atoms with E-state index in [0.717, 1.165) is 24.0 Å².